The molecule has 3 rings (SSSR count). The molecular formula is C24H25N3O5. The Morgan fingerprint density at radius 2 is 1.84 bits per heavy atom. The fourth-order valence-electron chi connectivity index (χ4n) is 3.02. The highest BCUT2D eigenvalue weighted by molar-refractivity contribution is 5.98. The molecule has 8 nitrogen and oxygen atoms in total. The Morgan fingerprint density at radius 1 is 1.12 bits per heavy atom. The first-order valence-corrected chi connectivity index (χ1v) is 10.2. The number of benzene rings is 2. The first-order valence-electron chi connectivity index (χ1n) is 10.2. The van der Waals surface area contributed by atoms with Gasteiger partial charge in [-0.25, -0.2) is 4.79 Å². The molecule has 0 aromatic heterocycles. The van der Waals surface area contributed by atoms with Crippen molar-refractivity contribution in [2.24, 2.45) is 0 Å². The average molecular weight is 435 g/mol. The Kier molecular flexibility index (Phi) is 7.70. The Morgan fingerprint density at radius 3 is 2.53 bits per heavy atom. The van der Waals surface area contributed by atoms with Crippen molar-refractivity contribution in [2.75, 3.05) is 45.4 Å². The van der Waals surface area contributed by atoms with Crippen LogP contribution in [0, 0.1) is 11.3 Å². The molecule has 1 heterocycles. The minimum atomic E-state index is -0.842. The summed E-state index contributed by atoms with van der Waals surface area (Å²) in [6.07, 6.45) is 2.02. The first-order chi connectivity index (χ1) is 15.5. The van der Waals surface area contributed by atoms with E-state index in [0.717, 1.165) is 11.3 Å². The van der Waals surface area contributed by atoms with Crippen LogP contribution in [-0.2, 0) is 20.7 Å². The highest BCUT2D eigenvalue weighted by Crippen LogP contribution is 2.30. The molecule has 32 heavy (non-hydrogen) atoms. The van der Waals surface area contributed by atoms with Crippen LogP contribution >= 0.6 is 0 Å². The maximum Gasteiger partial charge on any atom is 0.349 e. The van der Waals surface area contributed by atoms with Gasteiger partial charge >= 0.3 is 5.97 Å². The monoisotopic (exact) mass is 435 g/mol. The smallest absolute Gasteiger partial charge is 0.349 e. The predicted molar refractivity (Wildman–Crippen MR) is 119 cm³/mol. The van der Waals surface area contributed by atoms with Crippen LogP contribution in [0.4, 0.5) is 5.69 Å². The van der Waals surface area contributed by atoms with Gasteiger partial charge < -0.3 is 24.4 Å². The van der Waals surface area contributed by atoms with Gasteiger partial charge in [-0.15, -0.1) is 0 Å². The third kappa shape index (κ3) is 6.25. The highest BCUT2D eigenvalue weighted by atomic mass is 16.6. The molecule has 1 N–H and O–H groups in total. The molecule has 0 unspecified atom stereocenters. The van der Waals surface area contributed by atoms with Gasteiger partial charge in [0, 0.05) is 26.3 Å². The van der Waals surface area contributed by atoms with E-state index >= 15 is 0 Å². The van der Waals surface area contributed by atoms with E-state index in [-0.39, 0.29) is 5.57 Å². The first kappa shape index (κ1) is 22.7. The molecule has 0 aliphatic carbocycles. The number of hydrogen-bond acceptors (Lipinski definition) is 7. The number of nitrogens with one attached hydrogen (secondary N) is 1. The quantitative estimate of drug-likeness (QED) is 0.386. The van der Waals surface area contributed by atoms with Crippen LogP contribution in [-0.4, -0.2) is 52.3 Å². The van der Waals surface area contributed by atoms with Crippen molar-refractivity contribution in [1.29, 1.82) is 5.26 Å². The maximum atomic E-state index is 12.2. The second-order valence-corrected chi connectivity index (χ2v) is 7.31. The molecule has 0 saturated carbocycles. The normalized spacial score (nSPS) is 12.5. The van der Waals surface area contributed by atoms with Crippen molar-refractivity contribution in [2.45, 2.75) is 6.42 Å². The van der Waals surface area contributed by atoms with Crippen LogP contribution in [0.2, 0.25) is 0 Å². The Labute approximate surface area is 187 Å². The van der Waals surface area contributed by atoms with Gasteiger partial charge in [-0.05, 0) is 47.9 Å². The van der Waals surface area contributed by atoms with Crippen molar-refractivity contribution in [3.8, 4) is 17.6 Å². The van der Waals surface area contributed by atoms with Gasteiger partial charge in [-0.3, -0.25) is 4.79 Å². The van der Waals surface area contributed by atoms with Gasteiger partial charge in [-0.1, -0.05) is 18.2 Å². The standard InChI is InChI=1S/C24H25N3O5/c1-27(2)20-6-3-17(4-7-20)13-19(15-25)24(29)32-16-23(28)26-10-9-18-5-8-21-22(14-18)31-12-11-30-21/h3-8,13-14H,9-12,16H2,1-2H3,(H,26,28)/b19-13-. The molecule has 0 atom stereocenters. The molecule has 0 spiro atoms. The minimum absolute atomic E-state index is 0.174. The van der Waals surface area contributed by atoms with E-state index in [2.05, 4.69) is 5.32 Å². The third-order valence-electron chi connectivity index (χ3n) is 4.74. The van der Waals surface area contributed by atoms with E-state index in [1.807, 2.05) is 55.4 Å². The molecule has 8 heteroatoms. The van der Waals surface area contributed by atoms with Crippen molar-refractivity contribution in [1.82, 2.24) is 5.32 Å². The summed E-state index contributed by atoms with van der Waals surface area (Å²) in [5, 5.41) is 12.0. The summed E-state index contributed by atoms with van der Waals surface area (Å²) in [5.74, 6) is 0.127. The van der Waals surface area contributed by atoms with Gasteiger partial charge in [0.1, 0.15) is 24.9 Å². The van der Waals surface area contributed by atoms with Gasteiger partial charge in [0.15, 0.2) is 18.1 Å². The molecule has 2 aromatic carbocycles. The second kappa shape index (κ2) is 10.9. The SMILES string of the molecule is CN(C)c1ccc(/C=C(/C#N)C(=O)OCC(=O)NCCc2ccc3c(c2)OCCO3)cc1. The van der Waals surface area contributed by atoms with E-state index in [9.17, 15) is 14.9 Å². The zero-order chi connectivity index (χ0) is 22.9. The zero-order valence-electron chi connectivity index (χ0n) is 18.1. The number of anilines is 1. The van der Waals surface area contributed by atoms with Crippen molar-refractivity contribution >= 4 is 23.6 Å². The van der Waals surface area contributed by atoms with E-state index in [0.29, 0.717) is 43.2 Å². The van der Waals surface area contributed by atoms with Gasteiger partial charge in [0.2, 0.25) is 0 Å². The lowest BCUT2D eigenvalue weighted by Gasteiger charge is -2.18. The lowest BCUT2D eigenvalue weighted by molar-refractivity contribution is -0.144. The lowest BCUT2D eigenvalue weighted by atomic mass is 10.1. The zero-order valence-corrected chi connectivity index (χ0v) is 18.1. The van der Waals surface area contributed by atoms with Crippen LogP contribution in [0.25, 0.3) is 6.08 Å². The number of fused-ring (bicyclic) bond motifs is 1. The Bertz CT molecular complexity index is 1040. The lowest BCUT2D eigenvalue weighted by Crippen LogP contribution is -2.30. The van der Waals surface area contributed by atoms with Crippen LogP contribution in [0.3, 0.4) is 0 Å². The van der Waals surface area contributed by atoms with Gasteiger partial charge in [0.25, 0.3) is 5.91 Å². The Hall–Kier alpha value is -3.99. The molecule has 0 fully saturated rings. The summed E-state index contributed by atoms with van der Waals surface area (Å²) in [7, 11) is 3.84. The molecule has 1 aliphatic rings. The van der Waals surface area contributed by atoms with Gasteiger partial charge in [-0.2, -0.15) is 5.26 Å². The number of hydrogen-bond donors (Lipinski definition) is 1. The summed E-state index contributed by atoms with van der Waals surface area (Å²) in [6, 6.07) is 14.8. The summed E-state index contributed by atoms with van der Waals surface area (Å²) in [4.78, 5) is 26.1. The van der Waals surface area contributed by atoms with Gasteiger partial charge in [0.05, 0.1) is 0 Å². The largest absolute Gasteiger partial charge is 0.486 e. The van der Waals surface area contributed by atoms with Crippen LogP contribution in [0.5, 0.6) is 11.5 Å². The number of nitriles is 1. The predicted octanol–water partition coefficient (Wildman–Crippen LogP) is 2.33. The maximum absolute atomic E-state index is 12.2. The van der Waals surface area contributed by atoms with Crippen LogP contribution in [0.1, 0.15) is 11.1 Å². The highest BCUT2D eigenvalue weighted by Gasteiger charge is 2.14. The molecular weight excluding hydrogens is 410 g/mol. The van der Waals surface area contributed by atoms with E-state index in [1.54, 1.807) is 12.1 Å². The van der Waals surface area contributed by atoms with Crippen LogP contribution in [0.15, 0.2) is 48.0 Å². The summed E-state index contributed by atoms with van der Waals surface area (Å²) >= 11 is 0. The molecule has 0 saturated heterocycles. The summed E-state index contributed by atoms with van der Waals surface area (Å²) in [5.41, 5.74) is 2.50. The fraction of sp³-hybridized carbons (Fsp3) is 0.292. The molecule has 1 amide bonds. The number of nitrogens with zero attached hydrogens (tertiary/aromatic N) is 2. The van der Waals surface area contributed by atoms with Crippen molar-refractivity contribution in [3.63, 3.8) is 0 Å². The number of rotatable bonds is 8. The number of carbonyl (C=O) groups excluding carboxylic acids is 2. The number of amides is 1. The van der Waals surface area contributed by atoms with Crippen molar-refractivity contribution in [3.05, 3.63) is 59.2 Å². The fourth-order valence-corrected chi connectivity index (χ4v) is 3.02. The number of carbonyl (C=O) groups is 2. The Balaban J connectivity index is 1.45. The number of ether oxygens (including phenoxy) is 3. The van der Waals surface area contributed by atoms with E-state index in [1.165, 1.54) is 6.08 Å². The summed E-state index contributed by atoms with van der Waals surface area (Å²) < 4.78 is 16.0. The third-order valence-corrected chi connectivity index (χ3v) is 4.74. The van der Waals surface area contributed by atoms with E-state index < -0.39 is 18.5 Å². The van der Waals surface area contributed by atoms with Crippen LogP contribution < -0.4 is 19.7 Å². The molecule has 0 radical (unpaired) electrons. The number of esters is 1. The molecule has 2 aromatic rings. The average Bonchev–Trinajstić information content (AvgIpc) is 2.81. The van der Waals surface area contributed by atoms with Crippen molar-refractivity contribution < 1.29 is 23.8 Å². The molecule has 0 bridgehead atoms. The second-order valence-electron chi connectivity index (χ2n) is 7.31. The molecule has 1 aliphatic heterocycles. The molecule has 166 valence electrons. The summed E-state index contributed by atoms with van der Waals surface area (Å²) in [6.45, 7) is 0.958. The topological polar surface area (TPSA) is 101 Å². The van der Waals surface area contributed by atoms with E-state index in [4.69, 9.17) is 14.2 Å². The minimum Gasteiger partial charge on any atom is -0.486 e.